The van der Waals surface area contributed by atoms with Crippen LogP contribution in [0.1, 0.15) is 5.69 Å². The molecular formula is C14H6BrFN4O. The van der Waals surface area contributed by atoms with Gasteiger partial charge >= 0.3 is 0 Å². The first-order valence-corrected chi connectivity index (χ1v) is 6.62. The van der Waals surface area contributed by atoms with Crippen LogP contribution in [0.5, 0.6) is 0 Å². The van der Waals surface area contributed by atoms with E-state index in [1.165, 1.54) is 12.3 Å². The van der Waals surface area contributed by atoms with Crippen LogP contribution in [-0.4, -0.2) is 15.1 Å². The second kappa shape index (κ2) is 5.42. The zero-order valence-electron chi connectivity index (χ0n) is 10.4. The smallest absolute Gasteiger partial charge is 0.258 e. The number of hydrogen-bond acceptors (Lipinski definition) is 5. The first-order valence-electron chi connectivity index (χ1n) is 5.83. The summed E-state index contributed by atoms with van der Waals surface area (Å²) in [5.41, 5.74) is 1.48. The SMILES string of the molecule is N#Cc1cc(-c2nc(-c3ccc(F)c(Br)c3)no2)ccn1. The van der Waals surface area contributed by atoms with E-state index in [1.807, 2.05) is 6.07 Å². The number of hydrogen-bond donors (Lipinski definition) is 0. The van der Waals surface area contributed by atoms with E-state index in [2.05, 4.69) is 31.1 Å². The minimum absolute atomic E-state index is 0.261. The Balaban J connectivity index is 1.99. The quantitative estimate of drug-likeness (QED) is 0.710. The molecule has 3 aromatic rings. The first kappa shape index (κ1) is 13.4. The largest absolute Gasteiger partial charge is 0.334 e. The molecule has 0 saturated heterocycles. The molecule has 5 nitrogen and oxygen atoms in total. The van der Waals surface area contributed by atoms with Gasteiger partial charge in [-0.25, -0.2) is 9.37 Å². The molecule has 7 heteroatoms. The van der Waals surface area contributed by atoms with Gasteiger partial charge in [0.2, 0.25) is 5.82 Å². The Morgan fingerprint density at radius 1 is 1.19 bits per heavy atom. The normalized spacial score (nSPS) is 10.3. The molecule has 0 unspecified atom stereocenters. The summed E-state index contributed by atoms with van der Waals surface area (Å²) < 4.78 is 18.7. The maximum absolute atomic E-state index is 13.2. The molecule has 3 rings (SSSR count). The predicted octanol–water partition coefficient (Wildman–Crippen LogP) is 3.57. The summed E-state index contributed by atoms with van der Waals surface area (Å²) in [6.07, 6.45) is 1.49. The molecule has 0 radical (unpaired) electrons. The van der Waals surface area contributed by atoms with Crippen molar-refractivity contribution >= 4 is 15.9 Å². The highest BCUT2D eigenvalue weighted by atomic mass is 79.9. The van der Waals surface area contributed by atoms with Crippen LogP contribution in [0.4, 0.5) is 4.39 Å². The van der Waals surface area contributed by atoms with E-state index in [0.29, 0.717) is 21.4 Å². The van der Waals surface area contributed by atoms with E-state index in [1.54, 1.807) is 24.3 Å². The molecule has 2 aromatic heterocycles. The maximum Gasteiger partial charge on any atom is 0.258 e. The topological polar surface area (TPSA) is 75.6 Å². The van der Waals surface area contributed by atoms with Gasteiger partial charge in [0.15, 0.2) is 0 Å². The van der Waals surface area contributed by atoms with Crippen molar-refractivity contribution in [3.05, 3.63) is 52.5 Å². The highest BCUT2D eigenvalue weighted by Gasteiger charge is 2.12. The molecule has 0 aliphatic heterocycles. The number of aromatic nitrogens is 3. The van der Waals surface area contributed by atoms with E-state index in [-0.39, 0.29) is 17.4 Å². The molecule has 0 bridgehead atoms. The molecule has 0 saturated carbocycles. The van der Waals surface area contributed by atoms with Crippen molar-refractivity contribution in [2.75, 3.05) is 0 Å². The minimum atomic E-state index is -0.365. The monoisotopic (exact) mass is 344 g/mol. The molecule has 0 atom stereocenters. The van der Waals surface area contributed by atoms with Gasteiger partial charge in [0, 0.05) is 17.3 Å². The lowest BCUT2D eigenvalue weighted by Crippen LogP contribution is -1.85. The predicted molar refractivity (Wildman–Crippen MR) is 75.3 cm³/mol. The van der Waals surface area contributed by atoms with Crippen LogP contribution < -0.4 is 0 Å². The average molecular weight is 345 g/mol. The van der Waals surface area contributed by atoms with Gasteiger partial charge in [-0.2, -0.15) is 10.2 Å². The number of pyridine rings is 1. The van der Waals surface area contributed by atoms with Crippen LogP contribution in [0.25, 0.3) is 22.8 Å². The van der Waals surface area contributed by atoms with E-state index in [4.69, 9.17) is 9.78 Å². The molecule has 0 N–H and O–H groups in total. The molecule has 0 fully saturated rings. The zero-order valence-corrected chi connectivity index (χ0v) is 12.0. The minimum Gasteiger partial charge on any atom is -0.334 e. The van der Waals surface area contributed by atoms with Crippen LogP contribution in [0.15, 0.2) is 45.5 Å². The van der Waals surface area contributed by atoms with Crippen molar-refractivity contribution in [2.24, 2.45) is 0 Å². The summed E-state index contributed by atoms with van der Waals surface area (Å²) in [5, 5.41) is 12.7. The molecule has 0 amide bonds. The van der Waals surface area contributed by atoms with E-state index in [0.717, 1.165) is 0 Å². The highest BCUT2D eigenvalue weighted by Crippen LogP contribution is 2.25. The zero-order chi connectivity index (χ0) is 14.8. The van der Waals surface area contributed by atoms with E-state index in [9.17, 15) is 4.39 Å². The average Bonchev–Trinajstić information content (AvgIpc) is 3.00. The van der Waals surface area contributed by atoms with Gasteiger partial charge in [0.25, 0.3) is 5.89 Å². The lowest BCUT2D eigenvalue weighted by molar-refractivity contribution is 0.432. The summed E-state index contributed by atoms with van der Waals surface area (Å²) in [4.78, 5) is 8.11. The number of rotatable bonds is 2. The van der Waals surface area contributed by atoms with Crippen molar-refractivity contribution in [1.82, 2.24) is 15.1 Å². The first-order chi connectivity index (χ1) is 10.2. The second-order valence-electron chi connectivity index (χ2n) is 4.09. The molecule has 0 spiro atoms. The van der Waals surface area contributed by atoms with Crippen LogP contribution in [0.3, 0.4) is 0 Å². The lowest BCUT2D eigenvalue weighted by atomic mass is 10.2. The van der Waals surface area contributed by atoms with E-state index >= 15 is 0 Å². The Morgan fingerprint density at radius 3 is 2.81 bits per heavy atom. The molecule has 0 aliphatic carbocycles. The van der Waals surface area contributed by atoms with Crippen molar-refractivity contribution < 1.29 is 8.91 Å². The van der Waals surface area contributed by atoms with Gasteiger partial charge in [-0.15, -0.1) is 0 Å². The summed E-state index contributed by atoms with van der Waals surface area (Å²) in [7, 11) is 0. The summed E-state index contributed by atoms with van der Waals surface area (Å²) in [6, 6.07) is 9.60. The Bertz CT molecular complexity index is 856. The highest BCUT2D eigenvalue weighted by molar-refractivity contribution is 9.10. The lowest BCUT2D eigenvalue weighted by Gasteiger charge is -1.96. The number of benzene rings is 1. The molecule has 102 valence electrons. The molecule has 1 aromatic carbocycles. The number of halogens is 2. The second-order valence-corrected chi connectivity index (χ2v) is 4.95. The van der Waals surface area contributed by atoms with Crippen molar-refractivity contribution in [1.29, 1.82) is 5.26 Å². The fraction of sp³-hybridized carbons (Fsp3) is 0. The van der Waals surface area contributed by atoms with E-state index < -0.39 is 0 Å². The third kappa shape index (κ3) is 2.66. The third-order valence-corrected chi connectivity index (χ3v) is 3.33. The number of nitrogens with zero attached hydrogens (tertiary/aromatic N) is 4. The van der Waals surface area contributed by atoms with Crippen LogP contribution >= 0.6 is 15.9 Å². The van der Waals surface area contributed by atoms with Crippen molar-refractivity contribution in [3.63, 3.8) is 0 Å². The maximum atomic E-state index is 13.2. The molecule has 0 aliphatic rings. The van der Waals surface area contributed by atoms with Gasteiger partial charge in [-0.1, -0.05) is 5.16 Å². The van der Waals surface area contributed by atoms with Crippen LogP contribution in [-0.2, 0) is 0 Å². The third-order valence-electron chi connectivity index (χ3n) is 2.73. The Labute approximate surface area is 127 Å². The van der Waals surface area contributed by atoms with Gasteiger partial charge in [-0.05, 0) is 46.3 Å². The van der Waals surface area contributed by atoms with Crippen LogP contribution in [0, 0.1) is 17.1 Å². The van der Waals surface area contributed by atoms with Gasteiger partial charge in [0.05, 0.1) is 4.47 Å². The Kier molecular flexibility index (Phi) is 3.46. The van der Waals surface area contributed by atoms with Gasteiger partial charge in [0.1, 0.15) is 17.6 Å². The summed E-state index contributed by atoms with van der Waals surface area (Å²) >= 11 is 3.11. The van der Waals surface area contributed by atoms with Crippen molar-refractivity contribution in [2.45, 2.75) is 0 Å². The fourth-order valence-corrected chi connectivity index (χ4v) is 2.10. The number of nitriles is 1. The molecule has 21 heavy (non-hydrogen) atoms. The Morgan fingerprint density at radius 2 is 2.05 bits per heavy atom. The van der Waals surface area contributed by atoms with Crippen molar-refractivity contribution in [3.8, 4) is 28.9 Å². The molecular weight excluding hydrogens is 339 g/mol. The Hall–Kier alpha value is -2.59. The fourth-order valence-electron chi connectivity index (χ4n) is 1.72. The molecule has 2 heterocycles. The van der Waals surface area contributed by atoms with Gasteiger partial charge in [-0.3, -0.25) is 0 Å². The standard InChI is InChI=1S/C14H6BrFN4O/c15-11-6-8(1-2-12(11)16)13-19-14(21-20-13)9-3-4-18-10(5-9)7-17/h1-6H. The van der Waals surface area contributed by atoms with Crippen LogP contribution in [0.2, 0.25) is 0 Å². The van der Waals surface area contributed by atoms with Gasteiger partial charge < -0.3 is 4.52 Å². The summed E-state index contributed by atoms with van der Waals surface area (Å²) in [6.45, 7) is 0. The summed E-state index contributed by atoms with van der Waals surface area (Å²) in [5.74, 6) is 0.237.